The molecule has 4 aromatic heterocycles. The number of nitrogens with zero attached hydrogens (tertiary/aromatic N) is 2. The van der Waals surface area contributed by atoms with Crippen LogP contribution >= 0.6 is 11.3 Å². The van der Waals surface area contributed by atoms with Gasteiger partial charge in [0.25, 0.3) is 17.5 Å². The second-order valence-corrected chi connectivity index (χ2v) is 7.69. The fourth-order valence-electron chi connectivity index (χ4n) is 2.91. The zero-order chi connectivity index (χ0) is 20.4. The molecule has 0 radical (unpaired) electrons. The van der Waals surface area contributed by atoms with E-state index in [1.54, 1.807) is 36.5 Å². The lowest BCUT2D eigenvalue weighted by Gasteiger charge is -2.08. The van der Waals surface area contributed by atoms with Crippen LogP contribution < -0.4 is 10.6 Å². The lowest BCUT2D eigenvalue weighted by Crippen LogP contribution is -2.34. The smallest absolute Gasteiger partial charge is 0.287 e. The molecule has 4 aromatic rings. The van der Waals surface area contributed by atoms with Gasteiger partial charge in [0.2, 0.25) is 0 Å². The fourth-order valence-corrected chi connectivity index (χ4v) is 3.74. The predicted molar refractivity (Wildman–Crippen MR) is 108 cm³/mol. The molecule has 0 atom stereocenters. The van der Waals surface area contributed by atoms with Crippen LogP contribution in [-0.2, 0) is 0 Å². The van der Waals surface area contributed by atoms with E-state index < -0.39 is 0 Å². The van der Waals surface area contributed by atoms with Crippen LogP contribution in [0.25, 0.3) is 21.7 Å². The van der Waals surface area contributed by atoms with Gasteiger partial charge in [0.1, 0.15) is 0 Å². The quantitative estimate of drug-likeness (QED) is 0.472. The highest BCUT2D eigenvalue weighted by Gasteiger charge is 2.19. The molecule has 0 aliphatic carbocycles. The first-order valence-electron chi connectivity index (χ1n) is 8.96. The van der Waals surface area contributed by atoms with E-state index in [9.17, 15) is 9.59 Å². The number of hydrogen-bond donors (Lipinski definition) is 2. The molecular weight excluding hydrogens is 392 g/mol. The molecule has 0 fully saturated rings. The zero-order valence-corrected chi connectivity index (χ0v) is 16.6. The third-order valence-corrected chi connectivity index (χ3v) is 5.32. The van der Waals surface area contributed by atoms with Crippen molar-refractivity contribution in [1.29, 1.82) is 0 Å². The number of rotatable bonds is 6. The molecular formula is C20H18N4O4S. The molecule has 4 rings (SSSR count). The minimum atomic E-state index is -0.333. The molecule has 29 heavy (non-hydrogen) atoms. The number of pyridine rings is 1. The highest BCUT2D eigenvalue weighted by molar-refractivity contribution is 7.15. The molecule has 148 valence electrons. The zero-order valence-electron chi connectivity index (χ0n) is 15.8. The van der Waals surface area contributed by atoms with E-state index in [0.29, 0.717) is 28.1 Å². The largest absolute Gasteiger partial charge is 0.459 e. The molecule has 0 aliphatic heterocycles. The van der Waals surface area contributed by atoms with E-state index in [1.165, 1.54) is 6.26 Å². The topological polar surface area (TPSA) is 110 Å². The van der Waals surface area contributed by atoms with Gasteiger partial charge in [0.05, 0.1) is 33.5 Å². The molecule has 0 bridgehead atoms. The Morgan fingerprint density at radius 1 is 1.10 bits per heavy atom. The number of nitrogens with one attached hydrogen (secondary N) is 2. The Hall–Kier alpha value is -3.46. The molecule has 0 saturated heterocycles. The summed E-state index contributed by atoms with van der Waals surface area (Å²) < 4.78 is 10.3. The Morgan fingerprint density at radius 3 is 2.59 bits per heavy atom. The Balaban J connectivity index is 1.50. The number of aromatic nitrogens is 2. The average Bonchev–Trinajstić information content (AvgIpc) is 3.46. The standard InChI is InChI=1S/C20H18N4O4S/c1-11-5-6-16(29-11)14-10-13(17-12(2)24-28-20(17)23-14)18(25)21-7-8-22-19(26)15-4-3-9-27-15/h3-6,9-10H,7-8H2,1-2H3,(H,21,25)(H,22,26). The number of furan rings is 1. The Bertz CT molecular complexity index is 1180. The normalized spacial score (nSPS) is 11.0. The third kappa shape index (κ3) is 3.90. The van der Waals surface area contributed by atoms with Crippen LogP contribution in [0.3, 0.4) is 0 Å². The van der Waals surface area contributed by atoms with E-state index in [2.05, 4.69) is 20.8 Å². The number of carbonyl (C=O) groups is 2. The van der Waals surface area contributed by atoms with Gasteiger partial charge in [-0.1, -0.05) is 5.16 Å². The Morgan fingerprint density at radius 2 is 1.90 bits per heavy atom. The minimum absolute atomic E-state index is 0.225. The van der Waals surface area contributed by atoms with Crippen molar-refractivity contribution in [3.05, 3.63) is 58.5 Å². The number of amides is 2. The summed E-state index contributed by atoms with van der Waals surface area (Å²) in [5.74, 6) is -0.394. The molecule has 0 spiro atoms. The van der Waals surface area contributed by atoms with Gasteiger partial charge in [-0.3, -0.25) is 9.59 Å². The lowest BCUT2D eigenvalue weighted by atomic mass is 10.1. The van der Waals surface area contributed by atoms with Crippen molar-refractivity contribution in [3.8, 4) is 10.6 Å². The maximum Gasteiger partial charge on any atom is 0.287 e. The van der Waals surface area contributed by atoms with Crippen molar-refractivity contribution in [2.75, 3.05) is 13.1 Å². The number of thiophene rings is 1. The second-order valence-electron chi connectivity index (χ2n) is 6.40. The fraction of sp³-hybridized carbons (Fsp3) is 0.200. The van der Waals surface area contributed by atoms with Gasteiger partial charge in [-0.25, -0.2) is 4.98 Å². The summed E-state index contributed by atoms with van der Waals surface area (Å²) in [5, 5.41) is 10.0. The van der Waals surface area contributed by atoms with Crippen LogP contribution in [-0.4, -0.2) is 35.0 Å². The van der Waals surface area contributed by atoms with Crippen molar-refractivity contribution in [1.82, 2.24) is 20.8 Å². The van der Waals surface area contributed by atoms with Gasteiger partial charge < -0.3 is 19.6 Å². The summed E-state index contributed by atoms with van der Waals surface area (Å²) in [6, 6.07) is 8.92. The van der Waals surface area contributed by atoms with E-state index in [-0.39, 0.29) is 30.7 Å². The molecule has 0 aromatic carbocycles. The summed E-state index contributed by atoms with van der Waals surface area (Å²) in [7, 11) is 0. The maximum atomic E-state index is 12.8. The van der Waals surface area contributed by atoms with Gasteiger partial charge in [-0.05, 0) is 44.2 Å². The van der Waals surface area contributed by atoms with Crippen molar-refractivity contribution < 1.29 is 18.5 Å². The average molecular weight is 410 g/mol. The monoisotopic (exact) mass is 410 g/mol. The number of aryl methyl sites for hydroxylation is 2. The van der Waals surface area contributed by atoms with Crippen LogP contribution in [0.5, 0.6) is 0 Å². The highest BCUT2D eigenvalue weighted by atomic mass is 32.1. The van der Waals surface area contributed by atoms with Gasteiger partial charge in [-0.2, -0.15) is 0 Å². The molecule has 0 unspecified atom stereocenters. The number of carbonyl (C=O) groups excluding carboxylic acids is 2. The van der Waals surface area contributed by atoms with Gasteiger partial charge in [-0.15, -0.1) is 11.3 Å². The van der Waals surface area contributed by atoms with Crippen LogP contribution in [0.1, 0.15) is 31.5 Å². The van der Waals surface area contributed by atoms with Crippen LogP contribution in [0.4, 0.5) is 0 Å². The van der Waals surface area contributed by atoms with E-state index in [4.69, 9.17) is 8.94 Å². The van der Waals surface area contributed by atoms with E-state index in [1.807, 2.05) is 19.1 Å². The summed E-state index contributed by atoms with van der Waals surface area (Å²) in [6.07, 6.45) is 1.43. The SMILES string of the molecule is Cc1ccc(-c2cc(C(=O)NCCNC(=O)c3ccco3)c3c(C)noc3n2)s1. The Kier molecular flexibility index (Phi) is 5.13. The lowest BCUT2D eigenvalue weighted by molar-refractivity contribution is 0.0911. The highest BCUT2D eigenvalue weighted by Crippen LogP contribution is 2.30. The molecule has 9 heteroatoms. The van der Waals surface area contributed by atoms with Crippen molar-refractivity contribution in [2.24, 2.45) is 0 Å². The van der Waals surface area contributed by atoms with Crippen molar-refractivity contribution >= 4 is 34.3 Å². The van der Waals surface area contributed by atoms with E-state index >= 15 is 0 Å². The van der Waals surface area contributed by atoms with Gasteiger partial charge in [0.15, 0.2) is 5.76 Å². The van der Waals surface area contributed by atoms with Crippen LogP contribution in [0, 0.1) is 13.8 Å². The van der Waals surface area contributed by atoms with E-state index in [0.717, 1.165) is 9.75 Å². The Labute approximate surface area is 169 Å². The molecule has 2 amide bonds. The van der Waals surface area contributed by atoms with Crippen LogP contribution in [0.2, 0.25) is 0 Å². The number of fused-ring (bicyclic) bond motifs is 1. The minimum Gasteiger partial charge on any atom is -0.459 e. The summed E-state index contributed by atoms with van der Waals surface area (Å²) in [5.41, 5.74) is 2.01. The van der Waals surface area contributed by atoms with Gasteiger partial charge >= 0.3 is 0 Å². The van der Waals surface area contributed by atoms with Crippen molar-refractivity contribution in [2.45, 2.75) is 13.8 Å². The first-order valence-corrected chi connectivity index (χ1v) is 9.78. The summed E-state index contributed by atoms with van der Waals surface area (Å²) >= 11 is 1.59. The van der Waals surface area contributed by atoms with Crippen molar-refractivity contribution in [3.63, 3.8) is 0 Å². The molecule has 2 N–H and O–H groups in total. The summed E-state index contributed by atoms with van der Waals surface area (Å²) in [6.45, 7) is 4.30. The first-order chi connectivity index (χ1) is 14.0. The molecule has 8 nitrogen and oxygen atoms in total. The summed E-state index contributed by atoms with van der Waals surface area (Å²) in [4.78, 5) is 31.3. The maximum absolute atomic E-state index is 12.8. The molecule has 0 saturated carbocycles. The number of hydrogen-bond acceptors (Lipinski definition) is 7. The molecule has 4 heterocycles. The predicted octanol–water partition coefficient (Wildman–Crippen LogP) is 3.32. The third-order valence-electron chi connectivity index (χ3n) is 4.30. The van der Waals surface area contributed by atoms with Crippen LogP contribution in [0.15, 0.2) is 45.5 Å². The first kappa shape index (κ1) is 18.9. The van der Waals surface area contributed by atoms with Gasteiger partial charge in [0, 0.05) is 18.0 Å². The second kappa shape index (κ2) is 7.88. The molecule has 0 aliphatic rings.